The predicted octanol–water partition coefficient (Wildman–Crippen LogP) is 3.67. The number of aromatic amines is 1. The van der Waals surface area contributed by atoms with E-state index in [1.54, 1.807) is 6.26 Å². The molecule has 0 aliphatic rings. The summed E-state index contributed by atoms with van der Waals surface area (Å²) in [5.74, 6) is 0.327. The Morgan fingerprint density at radius 1 is 1.36 bits per heavy atom. The zero-order valence-corrected chi connectivity index (χ0v) is 12.5. The van der Waals surface area contributed by atoms with Crippen LogP contribution in [0.3, 0.4) is 0 Å². The van der Waals surface area contributed by atoms with E-state index in [1.165, 1.54) is 24.8 Å². The maximum absolute atomic E-state index is 12.9. The van der Waals surface area contributed by atoms with E-state index in [-0.39, 0.29) is 10.9 Å². The van der Waals surface area contributed by atoms with Crippen molar-refractivity contribution in [2.75, 3.05) is 12.0 Å². The summed E-state index contributed by atoms with van der Waals surface area (Å²) in [6.07, 6.45) is -3.05. The summed E-state index contributed by atoms with van der Waals surface area (Å²) in [6, 6.07) is 3.00. The number of nitrogens with zero attached hydrogens (tertiary/aromatic N) is 1. The van der Waals surface area contributed by atoms with Crippen LogP contribution >= 0.6 is 11.8 Å². The van der Waals surface area contributed by atoms with Crippen LogP contribution in [0.5, 0.6) is 0 Å². The second-order valence-corrected chi connectivity index (χ2v) is 5.97. The van der Waals surface area contributed by atoms with E-state index in [0.29, 0.717) is 17.5 Å². The zero-order valence-electron chi connectivity index (χ0n) is 11.7. The molecule has 1 aromatic heterocycles. The normalized spacial score (nSPS) is 15.0. The lowest BCUT2D eigenvalue weighted by atomic mass is 10.1. The number of benzene rings is 1. The third-order valence-corrected chi connectivity index (χ3v) is 4.10. The Kier molecular flexibility index (Phi) is 4.14. The van der Waals surface area contributed by atoms with Crippen LogP contribution < -0.4 is 0 Å². The minimum Gasteiger partial charge on any atom is -0.383 e. The summed E-state index contributed by atoms with van der Waals surface area (Å²) < 4.78 is 38.8. The number of rotatable bonds is 4. The average molecular weight is 334 g/mol. The van der Waals surface area contributed by atoms with Gasteiger partial charge in [-0.2, -0.15) is 24.9 Å². The highest BCUT2D eigenvalue weighted by molar-refractivity contribution is 7.98. The van der Waals surface area contributed by atoms with Gasteiger partial charge in [0.25, 0.3) is 5.69 Å². The van der Waals surface area contributed by atoms with Crippen molar-refractivity contribution in [1.82, 2.24) is 4.98 Å². The molecule has 1 atom stereocenters. The molecule has 9 heteroatoms. The van der Waals surface area contributed by atoms with E-state index in [9.17, 15) is 28.4 Å². The number of nitrogens with one attached hydrogen (secondary N) is 1. The molecular formula is C13H13F3N2O3S. The quantitative estimate of drug-likeness (QED) is 0.660. The molecule has 0 amide bonds. The van der Waals surface area contributed by atoms with Crippen molar-refractivity contribution in [2.24, 2.45) is 0 Å². The number of nitro groups is 1. The van der Waals surface area contributed by atoms with E-state index in [4.69, 9.17) is 0 Å². The molecule has 2 rings (SSSR count). The molecule has 2 N–H and O–H groups in total. The van der Waals surface area contributed by atoms with E-state index in [0.717, 1.165) is 6.07 Å². The molecule has 2 aromatic rings. The van der Waals surface area contributed by atoms with Crippen LogP contribution in [0.1, 0.15) is 18.2 Å². The van der Waals surface area contributed by atoms with Gasteiger partial charge in [-0.25, -0.2) is 0 Å². The summed E-state index contributed by atoms with van der Waals surface area (Å²) in [5.41, 5.74) is -3.19. The van der Waals surface area contributed by atoms with Crippen molar-refractivity contribution in [3.8, 4) is 0 Å². The Morgan fingerprint density at radius 2 is 2.00 bits per heavy atom. The molecule has 22 heavy (non-hydrogen) atoms. The first-order valence-electron chi connectivity index (χ1n) is 6.16. The summed E-state index contributed by atoms with van der Waals surface area (Å²) >= 11 is 1.37. The van der Waals surface area contributed by atoms with E-state index < -0.39 is 28.0 Å². The number of alkyl halides is 3. The fourth-order valence-electron chi connectivity index (χ4n) is 2.20. The van der Waals surface area contributed by atoms with Crippen LogP contribution in [-0.4, -0.2) is 27.0 Å². The van der Waals surface area contributed by atoms with Gasteiger partial charge in [-0.3, -0.25) is 10.1 Å². The monoisotopic (exact) mass is 334 g/mol. The summed E-state index contributed by atoms with van der Waals surface area (Å²) in [4.78, 5) is 12.5. The molecule has 1 aromatic carbocycles. The van der Waals surface area contributed by atoms with Gasteiger partial charge in [-0.1, -0.05) is 0 Å². The van der Waals surface area contributed by atoms with Gasteiger partial charge in [0.15, 0.2) is 0 Å². The minimum absolute atomic E-state index is 0.0919. The number of H-pyrrole nitrogens is 1. The summed E-state index contributed by atoms with van der Waals surface area (Å²) in [5, 5.41) is 21.4. The first-order chi connectivity index (χ1) is 10.1. The highest BCUT2D eigenvalue weighted by atomic mass is 32.2. The number of hydrogen-bond acceptors (Lipinski definition) is 4. The van der Waals surface area contributed by atoms with Crippen LogP contribution in [0.15, 0.2) is 18.2 Å². The smallest absolute Gasteiger partial charge is 0.383 e. The van der Waals surface area contributed by atoms with Crippen LogP contribution in [0, 0.1) is 10.1 Å². The van der Waals surface area contributed by atoms with E-state index in [2.05, 4.69) is 4.98 Å². The Morgan fingerprint density at radius 3 is 2.50 bits per heavy atom. The lowest BCUT2D eigenvalue weighted by molar-refractivity contribution is -0.387. The van der Waals surface area contributed by atoms with Crippen LogP contribution in [0.25, 0.3) is 10.9 Å². The number of halogens is 3. The fourth-order valence-corrected chi connectivity index (χ4v) is 2.91. The number of thioether (sulfide) groups is 1. The second-order valence-electron chi connectivity index (χ2n) is 5.10. The fraction of sp³-hybridized carbons (Fsp3) is 0.385. The Bertz CT molecular complexity index is 725. The average Bonchev–Trinajstić information content (AvgIpc) is 2.79. The van der Waals surface area contributed by atoms with Crippen LogP contribution in [0.2, 0.25) is 0 Å². The number of fused-ring (bicyclic) bond motifs is 1. The Labute approximate surface area is 127 Å². The Hall–Kier alpha value is -1.74. The number of aliphatic hydroxyl groups is 1. The van der Waals surface area contributed by atoms with Crippen molar-refractivity contribution < 1.29 is 23.2 Å². The lowest BCUT2D eigenvalue weighted by Crippen LogP contribution is -2.24. The molecule has 0 aliphatic carbocycles. The van der Waals surface area contributed by atoms with Crippen molar-refractivity contribution in [1.29, 1.82) is 0 Å². The summed E-state index contributed by atoms with van der Waals surface area (Å²) in [6.45, 7) is 1.52. The van der Waals surface area contributed by atoms with Gasteiger partial charge in [0.05, 0.1) is 4.92 Å². The SMILES string of the molecule is CSC[C@@](C)(O)c1cc2cc([N+](=O)[O-])c(C(F)(F)F)cc2[nH]1. The van der Waals surface area contributed by atoms with Crippen molar-refractivity contribution in [2.45, 2.75) is 18.7 Å². The van der Waals surface area contributed by atoms with E-state index in [1.807, 2.05) is 0 Å². The van der Waals surface area contributed by atoms with E-state index >= 15 is 0 Å². The molecule has 0 fully saturated rings. The van der Waals surface area contributed by atoms with Crippen LogP contribution in [0.4, 0.5) is 18.9 Å². The van der Waals surface area contributed by atoms with Gasteiger partial charge in [-0.05, 0) is 25.3 Å². The second kappa shape index (κ2) is 5.47. The van der Waals surface area contributed by atoms with Gasteiger partial charge in [0, 0.05) is 28.4 Å². The number of nitro benzene ring substituents is 1. The van der Waals surface area contributed by atoms with Crippen molar-refractivity contribution in [3.05, 3.63) is 39.6 Å². The van der Waals surface area contributed by atoms with Gasteiger partial charge in [0.1, 0.15) is 11.2 Å². The van der Waals surface area contributed by atoms with Gasteiger partial charge < -0.3 is 10.1 Å². The standard InChI is InChI=1S/C13H13F3N2O3S/c1-12(19,6-22-2)11-4-7-3-10(18(20)21)8(13(14,15)16)5-9(7)17-11/h3-5,17,19H,6H2,1-2H3/t12-/m1/s1. The molecule has 0 saturated heterocycles. The number of aromatic nitrogens is 1. The maximum Gasteiger partial charge on any atom is 0.423 e. The molecule has 0 bridgehead atoms. The lowest BCUT2D eigenvalue weighted by Gasteiger charge is -2.20. The molecule has 0 unspecified atom stereocenters. The molecule has 1 heterocycles. The summed E-state index contributed by atoms with van der Waals surface area (Å²) in [7, 11) is 0. The first-order valence-corrected chi connectivity index (χ1v) is 7.56. The molecule has 0 radical (unpaired) electrons. The molecule has 0 aliphatic heterocycles. The number of hydrogen-bond donors (Lipinski definition) is 2. The minimum atomic E-state index is -4.83. The van der Waals surface area contributed by atoms with Crippen LogP contribution in [-0.2, 0) is 11.8 Å². The maximum atomic E-state index is 12.9. The third kappa shape index (κ3) is 3.05. The molecule has 0 saturated carbocycles. The molecular weight excluding hydrogens is 321 g/mol. The topological polar surface area (TPSA) is 79.2 Å². The highest BCUT2D eigenvalue weighted by Crippen LogP contribution is 2.39. The molecule has 5 nitrogen and oxygen atoms in total. The van der Waals surface area contributed by atoms with Crippen molar-refractivity contribution >= 4 is 28.4 Å². The first kappa shape index (κ1) is 16.6. The zero-order chi connectivity index (χ0) is 16.7. The predicted molar refractivity (Wildman–Crippen MR) is 77.9 cm³/mol. The van der Waals surface area contributed by atoms with Gasteiger partial charge in [0.2, 0.25) is 0 Å². The highest BCUT2D eigenvalue weighted by Gasteiger charge is 2.39. The third-order valence-electron chi connectivity index (χ3n) is 3.24. The van der Waals surface area contributed by atoms with Gasteiger partial charge >= 0.3 is 6.18 Å². The Balaban J connectivity index is 2.66. The molecule has 0 spiro atoms. The van der Waals surface area contributed by atoms with Crippen molar-refractivity contribution in [3.63, 3.8) is 0 Å². The molecule has 120 valence electrons. The van der Waals surface area contributed by atoms with Gasteiger partial charge in [-0.15, -0.1) is 0 Å². The largest absolute Gasteiger partial charge is 0.423 e.